The highest BCUT2D eigenvalue weighted by atomic mass is 35.5. The summed E-state index contributed by atoms with van der Waals surface area (Å²) < 4.78 is 1.64. The molecule has 4 rings (SSSR count). The normalized spacial score (nSPS) is 13.2. The fourth-order valence-corrected chi connectivity index (χ4v) is 2.83. The minimum atomic E-state index is -0.420. The molecule has 2 aromatic carbocycles. The number of hydrazine groups is 1. The largest absolute Gasteiger partial charge is 0.273 e. The minimum absolute atomic E-state index is 0.00748. The molecule has 6 nitrogen and oxygen atoms in total. The number of halogens is 1. The van der Waals surface area contributed by atoms with Crippen molar-refractivity contribution >= 4 is 23.4 Å². The third-order valence-corrected chi connectivity index (χ3v) is 4.60. The van der Waals surface area contributed by atoms with Crippen molar-refractivity contribution in [2.24, 2.45) is 5.92 Å². The molecule has 3 aromatic rings. The number of hydrogen-bond acceptors (Lipinski definition) is 3. The Morgan fingerprint density at radius 2 is 1.70 bits per heavy atom. The van der Waals surface area contributed by atoms with Crippen LogP contribution in [0.2, 0.25) is 5.02 Å². The van der Waals surface area contributed by atoms with Crippen LogP contribution in [0.4, 0.5) is 0 Å². The van der Waals surface area contributed by atoms with Crippen molar-refractivity contribution in [1.82, 2.24) is 20.6 Å². The number of nitrogens with one attached hydrogen (secondary N) is 2. The Morgan fingerprint density at radius 1 is 1.00 bits per heavy atom. The van der Waals surface area contributed by atoms with Crippen LogP contribution in [0, 0.1) is 5.92 Å². The number of benzene rings is 2. The van der Waals surface area contributed by atoms with Gasteiger partial charge in [0.1, 0.15) is 5.69 Å². The molecule has 1 aliphatic carbocycles. The van der Waals surface area contributed by atoms with Gasteiger partial charge in [-0.25, -0.2) is 4.68 Å². The van der Waals surface area contributed by atoms with Crippen LogP contribution >= 0.6 is 11.6 Å². The summed E-state index contributed by atoms with van der Waals surface area (Å²) in [6, 6.07) is 16.6. The first kappa shape index (κ1) is 17.3. The predicted molar refractivity (Wildman–Crippen MR) is 102 cm³/mol. The van der Waals surface area contributed by atoms with Crippen LogP contribution < -0.4 is 10.9 Å². The molecule has 2 amide bonds. The second-order valence-electron chi connectivity index (χ2n) is 6.40. The molecule has 0 saturated heterocycles. The van der Waals surface area contributed by atoms with Crippen molar-refractivity contribution in [2.75, 3.05) is 0 Å². The summed E-state index contributed by atoms with van der Waals surface area (Å²) in [6.45, 7) is 0. The number of hydrogen-bond donors (Lipinski definition) is 2. The first-order chi connectivity index (χ1) is 13.1. The summed E-state index contributed by atoms with van der Waals surface area (Å²) in [7, 11) is 0. The molecule has 0 aliphatic heterocycles. The maximum absolute atomic E-state index is 12.7. The van der Waals surface area contributed by atoms with Crippen molar-refractivity contribution < 1.29 is 9.59 Å². The highest BCUT2D eigenvalue weighted by Gasteiger charge is 2.30. The monoisotopic (exact) mass is 380 g/mol. The van der Waals surface area contributed by atoms with Gasteiger partial charge in [0.2, 0.25) is 5.91 Å². The molecule has 27 heavy (non-hydrogen) atoms. The van der Waals surface area contributed by atoms with Gasteiger partial charge in [0, 0.05) is 22.7 Å². The summed E-state index contributed by atoms with van der Waals surface area (Å²) >= 11 is 5.97. The highest BCUT2D eigenvalue weighted by Crippen LogP contribution is 2.28. The van der Waals surface area contributed by atoms with E-state index < -0.39 is 5.91 Å². The lowest BCUT2D eigenvalue weighted by molar-refractivity contribution is -0.123. The second-order valence-corrected chi connectivity index (χ2v) is 6.83. The zero-order valence-corrected chi connectivity index (χ0v) is 15.1. The van der Waals surface area contributed by atoms with E-state index in [0.717, 1.165) is 24.1 Å². The van der Waals surface area contributed by atoms with E-state index in [1.165, 1.54) is 0 Å². The van der Waals surface area contributed by atoms with Gasteiger partial charge in [0.25, 0.3) is 5.91 Å². The Kier molecular flexibility index (Phi) is 4.64. The number of nitrogens with zero attached hydrogens (tertiary/aromatic N) is 2. The van der Waals surface area contributed by atoms with E-state index in [2.05, 4.69) is 16.0 Å². The first-order valence-electron chi connectivity index (χ1n) is 8.63. The van der Waals surface area contributed by atoms with E-state index in [4.69, 9.17) is 11.6 Å². The Bertz CT molecular complexity index is 979. The number of amides is 2. The van der Waals surface area contributed by atoms with E-state index in [0.29, 0.717) is 16.3 Å². The smallest absolute Gasteiger partial charge is 0.273 e. The molecule has 136 valence electrons. The van der Waals surface area contributed by atoms with Crippen molar-refractivity contribution in [3.63, 3.8) is 0 Å². The Hall–Kier alpha value is -3.12. The van der Waals surface area contributed by atoms with E-state index >= 15 is 0 Å². The average molecular weight is 381 g/mol. The molecular weight excluding hydrogens is 364 g/mol. The highest BCUT2D eigenvalue weighted by molar-refractivity contribution is 6.30. The third kappa shape index (κ3) is 3.85. The Morgan fingerprint density at radius 3 is 2.37 bits per heavy atom. The maximum Gasteiger partial charge on any atom is 0.273 e. The molecule has 0 radical (unpaired) electrons. The Balaban J connectivity index is 1.67. The van der Waals surface area contributed by atoms with Gasteiger partial charge >= 0.3 is 0 Å². The van der Waals surface area contributed by atoms with E-state index in [1.54, 1.807) is 35.1 Å². The molecular formula is C20H17ClN4O2. The minimum Gasteiger partial charge on any atom is -0.273 e. The molecule has 1 fully saturated rings. The fraction of sp³-hybridized carbons (Fsp3) is 0.150. The van der Waals surface area contributed by atoms with E-state index in [9.17, 15) is 9.59 Å². The molecule has 2 N–H and O–H groups in total. The molecule has 7 heteroatoms. The van der Waals surface area contributed by atoms with Crippen molar-refractivity contribution in [1.29, 1.82) is 0 Å². The van der Waals surface area contributed by atoms with Gasteiger partial charge in [-0.3, -0.25) is 20.4 Å². The first-order valence-corrected chi connectivity index (χ1v) is 9.01. The molecule has 0 atom stereocenters. The van der Waals surface area contributed by atoms with Crippen LogP contribution in [0.3, 0.4) is 0 Å². The standard InChI is InChI=1S/C20H17ClN4O2/c21-15-10-8-13(9-11-15)18-17(20(27)23-22-19(26)14-6-7-14)12-25(24-18)16-4-2-1-3-5-16/h1-5,8-12,14H,6-7H2,(H,22,26)(H,23,27). The van der Waals surface area contributed by atoms with Gasteiger partial charge in [-0.05, 0) is 37.1 Å². The van der Waals surface area contributed by atoms with Crippen LogP contribution in [-0.4, -0.2) is 21.6 Å². The number of rotatable bonds is 4. The SMILES string of the molecule is O=C(NNC(=O)C1CC1)c1cn(-c2ccccc2)nc1-c1ccc(Cl)cc1. The second kappa shape index (κ2) is 7.25. The third-order valence-electron chi connectivity index (χ3n) is 4.34. The van der Waals surface area contributed by atoms with Crippen molar-refractivity contribution in [3.05, 3.63) is 71.4 Å². The Labute approximate surface area is 161 Å². The van der Waals surface area contributed by atoms with Crippen LogP contribution in [0.15, 0.2) is 60.8 Å². The van der Waals surface area contributed by atoms with Gasteiger partial charge in [-0.2, -0.15) is 5.10 Å². The fourth-order valence-electron chi connectivity index (χ4n) is 2.71. The lowest BCUT2D eigenvalue weighted by Crippen LogP contribution is -2.42. The lowest BCUT2D eigenvalue weighted by Gasteiger charge is -2.06. The number of para-hydroxylation sites is 1. The number of carbonyl (C=O) groups excluding carboxylic acids is 2. The van der Waals surface area contributed by atoms with Gasteiger partial charge in [0.05, 0.1) is 11.3 Å². The molecule has 0 spiro atoms. The molecule has 1 heterocycles. The summed E-state index contributed by atoms with van der Waals surface area (Å²) in [4.78, 5) is 24.5. The zero-order chi connectivity index (χ0) is 18.8. The van der Waals surface area contributed by atoms with Gasteiger partial charge in [-0.1, -0.05) is 41.9 Å². The molecule has 1 aliphatic rings. The van der Waals surface area contributed by atoms with Gasteiger partial charge in [-0.15, -0.1) is 0 Å². The molecule has 1 aromatic heterocycles. The summed E-state index contributed by atoms with van der Waals surface area (Å²) in [5, 5.41) is 5.18. The topological polar surface area (TPSA) is 76.0 Å². The van der Waals surface area contributed by atoms with Crippen LogP contribution in [0.25, 0.3) is 16.9 Å². The maximum atomic E-state index is 12.7. The zero-order valence-electron chi connectivity index (χ0n) is 14.4. The number of carbonyl (C=O) groups is 2. The van der Waals surface area contributed by atoms with Crippen LogP contribution in [0.1, 0.15) is 23.2 Å². The average Bonchev–Trinajstić information content (AvgIpc) is 3.46. The van der Waals surface area contributed by atoms with Gasteiger partial charge in [0.15, 0.2) is 0 Å². The van der Waals surface area contributed by atoms with Crippen LogP contribution in [-0.2, 0) is 4.79 Å². The van der Waals surface area contributed by atoms with E-state index in [1.807, 2.05) is 30.3 Å². The predicted octanol–water partition coefficient (Wildman–Crippen LogP) is 3.36. The summed E-state index contributed by atoms with van der Waals surface area (Å²) in [5.74, 6) is -0.573. The van der Waals surface area contributed by atoms with E-state index in [-0.39, 0.29) is 11.8 Å². The molecule has 0 unspecified atom stereocenters. The summed E-state index contributed by atoms with van der Waals surface area (Å²) in [5.41, 5.74) is 7.42. The molecule has 0 bridgehead atoms. The van der Waals surface area contributed by atoms with Crippen molar-refractivity contribution in [3.8, 4) is 16.9 Å². The van der Waals surface area contributed by atoms with Crippen molar-refractivity contribution in [2.45, 2.75) is 12.8 Å². The summed E-state index contributed by atoms with van der Waals surface area (Å²) in [6.07, 6.45) is 3.38. The quantitative estimate of drug-likeness (QED) is 0.681. The van der Waals surface area contributed by atoms with Crippen LogP contribution in [0.5, 0.6) is 0 Å². The number of aromatic nitrogens is 2. The molecule has 1 saturated carbocycles. The lowest BCUT2D eigenvalue weighted by atomic mass is 10.1. The van der Waals surface area contributed by atoms with Gasteiger partial charge < -0.3 is 0 Å².